The number of hydrogen-bond acceptors (Lipinski definition) is 1. The van der Waals surface area contributed by atoms with Crippen molar-refractivity contribution in [3.63, 3.8) is 0 Å². The van der Waals surface area contributed by atoms with E-state index in [1.807, 2.05) is 0 Å². The maximum absolute atomic E-state index is 4.19. The maximum atomic E-state index is 4.19. The second-order valence-corrected chi connectivity index (χ2v) is 3.26. The molecule has 1 nitrogen and oxygen atoms in total. The zero-order valence-corrected chi connectivity index (χ0v) is 7.91. The average Bonchev–Trinajstić information content (AvgIpc) is 1.97. The third-order valence-corrected chi connectivity index (χ3v) is 2.22. The van der Waals surface area contributed by atoms with Crippen molar-refractivity contribution < 1.29 is 0 Å². The second kappa shape index (κ2) is 9.31. The fourth-order valence-electron chi connectivity index (χ4n) is 0.749. The zero-order chi connectivity index (χ0) is 7.66. The van der Waals surface area contributed by atoms with Crippen molar-refractivity contribution in [3.8, 4) is 0 Å². The predicted molar refractivity (Wildman–Crippen MR) is 49.3 cm³/mol. The highest BCUT2D eigenvalue weighted by Crippen LogP contribution is 2.04. The molecule has 0 fully saturated rings. The summed E-state index contributed by atoms with van der Waals surface area (Å²) in [4.78, 5) is 0. The number of hydrogen-bond donors (Lipinski definition) is 0. The van der Waals surface area contributed by atoms with Crippen LogP contribution in [0.1, 0.15) is 39.5 Å². The van der Waals surface area contributed by atoms with Gasteiger partial charge in [-0.25, -0.2) is 0 Å². The van der Waals surface area contributed by atoms with Crippen molar-refractivity contribution in [2.45, 2.75) is 39.5 Å². The fourth-order valence-corrected chi connectivity index (χ4v) is 1.39. The lowest BCUT2D eigenvalue weighted by Crippen LogP contribution is -1.93. The first-order chi connectivity index (χ1) is 4.91. The SMILES string of the molecule is CCCCCCS[N]CC. The maximum Gasteiger partial charge on any atom is 0.0228 e. The Morgan fingerprint density at radius 2 is 1.90 bits per heavy atom. The van der Waals surface area contributed by atoms with Gasteiger partial charge in [0.2, 0.25) is 0 Å². The van der Waals surface area contributed by atoms with Gasteiger partial charge in [0.25, 0.3) is 0 Å². The lowest BCUT2D eigenvalue weighted by molar-refractivity contribution is 0.705. The van der Waals surface area contributed by atoms with Gasteiger partial charge < -0.3 is 0 Å². The minimum absolute atomic E-state index is 0.957. The van der Waals surface area contributed by atoms with Gasteiger partial charge >= 0.3 is 0 Å². The molecular formula is C8H18NS. The highest BCUT2D eigenvalue weighted by atomic mass is 32.2. The highest BCUT2D eigenvalue weighted by Gasteiger charge is 1.88. The van der Waals surface area contributed by atoms with Crippen molar-refractivity contribution in [3.05, 3.63) is 0 Å². The average molecular weight is 160 g/mol. The van der Waals surface area contributed by atoms with E-state index >= 15 is 0 Å². The van der Waals surface area contributed by atoms with Crippen LogP contribution in [0, 0.1) is 0 Å². The van der Waals surface area contributed by atoms with E-state index in [4.69, 9.17) is 0 Å². The molecular weight excluding hydrogens is 142 g/mol. The molecule has 0 unspecified atom stereocenters. The molecule has 61 valence electrons. The monoisotopic (exact) mass is 160 g/mol. The second-order valence-electron chi connectivity index (χ2n) is 2.34. The highest BCUT2D eigenvalue weighted by molar-refractivity contribution is 7.97. The summed E-state index contributed by atoms with van der Waals surface area (Å²) in [6.07, 6.45) is 5.42. The van der Waals surface area contributed by atoms with Crippen molar-refractivity contribution >= 4 is 11.9 Å². The van der Waals surface area contributed by atoms with Crippen molar-refractivity contribution in [1.29, 1.82) is 0 Å². The van der Waals surface area contributed by atoms with Crippen LogP contribution in [0.15, 0.2) is 0 Å². The van der Waals surface area contributed by atoms with Gasteiger partial charge in [0, 0.05) is 12.3 Å². The molecule has 2 heteroatoms. The van der Waals surface area contributed by atoms with E-state index in [0.29, 0.717) is 0 Å². The molecule has 0 aromatic rings. The van der Waals surface area contributed by atoms with Crippen LogP contribution in [0.2, 0.25) is 0 Å². The van der Waals surface area contributed by atoms with Gasteiger partial charge in [0.15, 0.2) is 0 Å². The topological polar surface area (TPSA) is 14.1 Å². The van der Waals surface area contributed by atoms with Gasteiger partial charge in [-0.05, 0) is 13.3 Å². The largest absolute Gasteiger partial charge is 0.176 e. The van der Waals surface area contributed by atoms with Crippen LogP contribution in [0.4, 0.5) is 0 Å². The summed E-state index contributed by atoms with van der Waals surface area (Å²) < 4.78 is 4.19. The minimum Gasteiger partial charge on any atom is -0.176 e. The molecule has 0 aliphatic rings. The standard InChI is InChI=1S/C8H18NS/c1-3-5-6-7-8-10-9-4-2/h3-8H2,1-2H3. The molecule has 10 heavy (non-hydrogen) atoms. The van der Waals surface area contributed by atoms with Gasteiger partial charge in [-0.15, -0.1) is 0 Å². The Kier molecular flexibility index (Phi) is 9.60. The van der Waals surface area contributed by atoms with Gasteiger partial charge in [0.05, 0.1) is 0 Å². The third kappa shape index (κ3) is 8.31. The van der Waals surface area contributed by atoms with Crippen LogP contribution in [0.25, 0.3) is 0 Å². The summed E-state index contributed by atoms with van der Waals surface area (Å²) in [5, 5.41) is 0. The molecule has 0 amide bonds. The van der Waals surface area contributed by atoms with Gasteiger partial charge in [-0.1, -0.05) is 38.1 Å². The van der Waals surface area contributed by atoms with Crippen LogP contribution < -0.4 is 4.72 Å². The molecule has 1 radical (unpaired) electrons. The van der Waals surface area contributed by atoms with E-state index in [9.17, 15) is 0 Å². The molecule has 0 aromatic carbocycles. The van der Waals surface area contributed by atoms with Crippen LogP contribution in [0.3, 0.4) is 0 Å². The summed E-state index contributed by atoms with van der Waals surface area (Å²) in [5.74, 6) is 1.22. The molecule has 0 heterocycles. The Hall–Kier alpha value is 0.310. The van der Waals surface area contributed by atoms with Crippen molar-refractivity contribution in [2.75, 3.05) is 12.3 Å². The van der Waals surface area contributed by atoms with Crippen LogP contribution in [-0.2, 0) is 0 Å². The number of unbranched alkanes of at least 4 members (excludes halogenated alkanes) is 3. The molecule has 0 atom stereocenters. The summed E-state index contributed by atoms with van der Waals surface area (Å²) in [5.41, 5.74) is 0. The molecule has 0 aromatic heterocycles. The Bertz CT molecular complexity index is 49.2. The molecule has 0 aliphatic heterocycles. The zero-order valence-electron chi connectivity index (χ0n) is 7.10. The van der Waals surface area contributed by atoms with E-state index in [0.717, 1.165) is 6.54 Å². The van der Waals surface area contributed by atoms with E-state index in [-0.39, 0.29) is 0 Å². The minimum atomic E-state index is 0.957. The summed E-state index contributed by atoms with van der Waals surface area (Å²) in [7, 11) is 0. The van der Waals surface area contributed by atoms with Gasteiger partial charge in [-0.3, -0.25) is 0 Å². The van der Waals surface area contributed by atoms with E-state index in [1.54, 1.807) is 11.9 Å². The number of rotatable bonds is 7. The Balaban J connectivity index is 2.65. The lowest BCUT2D eigenvalue weighted by atomic mass is 10.2. The predicted octanol–water partition coefficient (Wildman–Crippen LogP) is 2.84. The van der Waals surface area contributed by atoms with Crippen LogP contribution >= 0.6 is 11.9 Å². The van der Waals surface area contributed by atoms with Crippen molar-refractivity contribution in [2.24, 2.45) is 0 Å². The van der Waals surface area contributed by atoms with E-state index in [1.165, 1.54) is 31.4 Å². The van der Waals surface area contributed by atoms with E-state index in [2.05, 4.69) is 18.6 Å². The Labute approximate surface area is 69.1 Å². The molecule has 0 N–H and O–H groups in total. The number of nitrogens with zero attached hydrogens (tertiary/aromatic N) is 1. The molecule has 0 aliphatic carbocycles. The van der Waals surface area contributed by atoms with Gasteiger partial charge in [0.1, 0.15) is 0 Å². The molecule has 0 saturated carbocycles. The van der Waals surface area contributed by atoms with Crippen LogP contribution in [-0.4, -0.2) is 12.3 Å². The Morgan fingerprint density at radius 1 is 1.10 bits per heavy atom. The first kappa shape index (κ1) is 10.3. The Morgan fingerprint density at radius 3 is 2.50 bits per heavy atom. The smallest absolute Gasteiger partial charge is 0.0228 e. The summed E-state index contributed by atoms with van der Waals surface area (Å²) in [6.45, 7) is 5.28. The summed E-state index contributed by atoms with van der Waals surface area (Å²) in [6, 6.07) is 0. The molecule has 0 rings (SSSR count). The molecule has 0 bridgehead atoms. The summed E-state index contributed by atoms with van der Waals surface area (Å²) >= 11 is 1.73. The fraction of sp³-hybridized carbons (Fsp3) is 1.00. The van der Waals surface area contributed by atoms with E-state index < -0.39 is 0 Å². The molecule has 0 spiro atoms. The third-order valence-electron chi connectivity index (χ3n) is 1.31. The lowest BCUT2D eigenvalue weighted by Gasteiger charge is -1.97. The normalized spacial score (nSPS) is 10.2. The first-order valence-electron chi connectivity index (χ1n) is 4.20. The first-order valence-corrected chi connectivity index (χ1v) is 5.14. The quantitative estimate of drug-likeness (QED) is 0.412. The van der Waals surface area contributed by atoms with Crippen molar-refractivity contribution in [1.82, 2.24) is 4.72 Å². The molecule has 0 saturated heterocycles. The van der Waals surface area contributed by atoms with Crippen LogP contribution in [0.5, 0.6) is 0 Å². The van der Waals surface area contributed by atoms with Gasteiger partial charge in [-0.2, -0.15) is 4.72 Å².